The molecular weight excluding hydrogens is 420 g/mol. The SMILES string of the molecule is O=C(C1C(O)CC(O)CC1OCC1CCCCC1)N1CC2CCCC(NC3CNNC3)C2C1. The minimum atomic E-state index is -0.829. The van der Waals surface area contributed by atoms with E-state index >= 15 is 0 Å². The third kappa shape index (κ3) is 5.57. The van der Waals surface area contributed by atoms with Crippen LogP contribution in [-0.4, -0.2) is 84.2 Å². The standard InChI is InChI=1S/C25H44N4O4/c30-19-9-22(31)24(23(10-19)33-15-16-5-2-1-3-6-16)25(32)29-13-17-7-4-8-21(20(17)14-29)28-18-11-26-27-12-18/h16-24,26-28,30-31H,1-15H2. The average molecular weight is 465 g/mol. The van der Waals surface area contributed by atoms with E-state index in [1.807, 2.05) is 4.90 Å². The number of aliphatic hydroxyl groups excluding tert-OH is 2. The van der Waals surface area contributed by atoms with Gasteiger partial charge in [-0.15, -0.1) is 0 Å². The van der Waals surface area contributed by atoms with Crippen LogP contribution in [0.4, 0.5) is 0 Å². The van der Waals surface area contributed by atoms with Crippen molar-refractivity contribution in [3.05, 3.63) is 0 Å². The Morgan fingerprint density at radius 2 is 1.76 bits per heavy atom. The Morgan fingerprint density at radius 3 is 2.55 bits per heavy atom. The highest BCUT2D eigenvalue weighted by atomic mass is 16.5. The molecule has 33 heavy (non-hydrogen) atoms. The van der Waals surface area contributed by atoms with Gasteiger partial charge in [0.15, 0.2) is 0 Å². The molecule has 5 fully saturated rings. The minimum Gasteiger partial charge on any atom is -0.393 e. The number of amides is 1. The Morgan fingerprint density at radius 1 is 0.970 bits per heavy atom. The van der Waals surface area contributed by atoms with Crippen LogP contribution < -0.4 is 16.2 Å². The van der Waals surface area contributed by atoms with Gasteiger partial charge in [0.2, 0.25) is 5.91 Å². The van der Waals surface area contributed by atoms with E-state index in [4.69, 9.17) is 4.74 Å². The highest BCUT2D eigenvalue weighted by molar-refractivity contribution is 5.80. The van der Waals surface area contributed by atoms with E-state index in [0.717, 1.165) is 26.2 Å². The molecule has 2 aliphatic heterocycles. The summed E-state index contributed by atoms with van der Waals surface area (Å²) in [6.45, 7) is 4.09. The smallest absolute Gasteiger partial charge is 0.230 e. The van der Waals surface area contributed by atoms with Crippen LogP contribution in [0, 0.1) is 23.7 Å². The number of aliphatic hydroxyl groups is 2. The van der Waals surface area contributed by atoms with Crippen molar-refractivity contribution in [1.29, 1.82) is 0 Å². The normalized spacial score (nSPS) is 40.8. The zero-order chi connectivity index (χ0) is 22.8. The molecule has 5 N–H and O–H groups in total. The quantitative estimate of drug-likeness (QED) is 0.396. The molecule has 0 aromatic carbocycles. The second-order valence-corrected chi connectivity index (χ2v) is 11.4. The van der Waals surface area contributed by atoms with Crippen LogP contribution in [0.1, 0.15) is 64.2 Å². The van der Waals surface area contributed by atoms with Gasteiger partial charge < -0.3 is 25.2 Å². The molecule has 5 aliphatic rings. The van der Waals surface area contributed by atoms with Crippen molar-refractivity contribution in [3.63, 3.8) is 0 Å². The van der Waals surface area contributed by atoms with Crippen LogP contribution in [0.2, 0.25) is 0 Å². The summed E-state index contributed by atoms with van der Waals surface area (Å²) in [5.74, 6) is 1.06. The van der Waals surface area contributed by atoms with Crippen molar-refractivity contribution in [3.8, 4) is 0 Å². The number of hydrogen-bond acceptors (Lipinski definition) is 7. The fourth-order valence-electron chi connectivity index (χ4n) is 7.25. The number of nitrogens with one attached hydrogen (secondary N) is 3. The molecular formula is C25H44N4O4. The number of likely N-dealkylation sites (tertiary alicyclic amines) is 1. The first-order chi connectivity index (χ1) is 16.1. The van der Waals surface area contributed by atoms with Gasteiger partial charge in [-0.25, -0.2) is 0 Å². The molecule has 0 aromatic rings. The highest BCUT2D eigenvalue weighted by Gasteiger charge is 2.48. The van der Waals surface area contributed by atoms with Gasteiger partial charge >= 0.3 is 0 Å². The first kappa shape index (κ1) is 23.9. The predicted molar refractivity (Wildman–Crippen MR) is 125 cm³/mol. The van der Waals surface area contributed by atoms with Gasteiger partial charge in [0.25, 0.3) is 0 Å². The van der Waals surface area contributed by atoms with Crippen molar-refractivity contribution in [2.75, 3.05) is 32.8 Å². The summed E-state index contributed by atoms with van der Waals surface area (Å²) >= 11 is 0. The Bertz CT molecular complexity index is 654. The lowest BCUT2D eigenvalue weighted by molar-refractivity contribution is -0.158. The number of hydrazine groups is 1. The number of carbonyl (C=O) groups is 1. The molecule has 0 spiro atoms. The summed E-state index contributed by atoms with van der Waals surface area (Å²) in [6.07, 6.45) is 8.67. The van der Waals surface area contributed by atoms with Gasteiger partial charge in [0.05, 0.1) is 24.2 Å². The van der Waals surface area contributed by atoms with Crippen molar-refractivity contribution >= 4 is 5.91 Å². The molecule has 3 aliphatic carbocycles. The number of rotatable bonds is 6. The molecule has 7 atom stereocenters. The van der Waals surface area contributed by atoms with Gasteiger partial charge in [0, 0.05) is 57.7 Å². The molecule has 0 bridgehead atoms. The second-order valence-electron chi connectivity index (χ2n) is 11.4. The number of ether oxygens (including phenoxy) is 1. The second kappa shape index (κ2) is 10.9. The van der Waals surface area contributed by atoms with E-state index in [2.05, 4.69) is 16.2 Å². The van der Waals surface area contributed by atoms with Gasteiger partial charge in [-0.05, 0) is 43.4 Å². The van der Waals surface area contributed by atoms with Gasteiger partial charge in [-0.3, -0.25) is 15.6 Å². The maximum atomic E-state index is 13.7. The minimum absolute atomic E-state index is 0.0420. The Hall–Kier alpha value is -0.770. The van der Waals surface area contributed by atoms with Crippen molar-refractivity contribution in [2.24, 2.45) is 23.7 Å². The molecule has 0 radical (unpaired) electrons. The van der Waals surface area contributed by atoms with E-state index in [9.17, 15) is 15.0 Å². The fourth-order valence-corrected chi connectivity index (χ4v) is 7.25. The molecule has 2 heterocycles. The van der Waals surface area contributed by atoms with Crippen LogP contribution in [0.3, 0.4) is 0 Å². The predicted octanol–water partition coefficient (Wildman–Crippen LogP) is 0.777. The van der Waals surface area contributed by atoms with Crippen LogP contribution in [0.5, 0.6) is 0 Å². The van der Waals surface area contributed by atoms with E-state index in [1.54, 1.807) is 0 Å². The van der Waals surface area contributed by atoms with E-state index in [-0.39, 0.29) is 18.4 Å². The summed E-state index contributed by atoms with van der Waals surface area (Å²) in [5, 5.41) is 25.0. The maximum absolute atomic E-state index is 13.7. The monoisotopic (exact) mass is 464 g/mol. The van der Waals surface area contributed by atoms with Crippen molar-refractivity contribution in [1.82, 2.24) is 21.1 Å². The zero-order valence-corrected chi connectivity index (χ0v) is 20.0. The van der Waals surface area contributed by atoms with Crippen molar-refractivity contribution in [2.45, 2.75) is 94.6 Å². The zero-order valence-electron chi connectivity index (χ0n) is 20.0. The average Bonchev–Trinajstić information content (AvgIpc) is 3.48. The first-order valence-corrected chi connectivity index (χ1v) is 13.6. The van der Waals surface area contributed by atoms with Crippen LogP contribution >= 0.6 is 0 Å². The van der Waals surface area contributed by atoms with Gasteiger partial charge in [-0.2, -0.15) is 0 Å². The summed E-state index contributed by atoms with van der Waals surface area (Å²) in [6, 6.07) is 0.891. The van der Waals surface area contributed by atoms with E-state index in [1.165, 1.54) is 51.4 Å². The lowest BCUT2D eigenvalue weighted by atomic mass is 9.78. The fraction of sp³-hybridized carbons (Fsp3) is 0.960. The van der Waals surface area contributed by atoms with Gasteiger partial charge in [0.1, 0.15) is 0 Å². The molecule has 2 saturated heterocycles. The molecule has 1 amide bonds. The van der Waals surface area contributed by atoms with Gasteiger partial charge in [-0.1, -0.05) is 25.7 Å². The molecule has 188 valence electrons. The number of nitrogens with zero attached hydrogens (tertiary/aromatic N) is 1. The molecule has 8 heteroatoms. The van der Waals surface area contributed by atoms with Crippen LogP contribution in [-0.2, 0) is 9.53 Å². The van der Waals surface area contributed by atoms with E-state index < -0.39 is 18.1 Å². The topological polar surface area (TPSA) is 106 Å². The Balaban J connectivity index is 1.22. The Labute approximate surface area is 198 Å². The van der Waals surface area contributed by atoms with Crippen LogP contribution in [0.25, 0.3) is 0 Å². The molecule has 5 rings (SSSR count). The number of carbonyl (C=O) groups excluding carboxylic acids is 1. The number of hydrogen-bond donors (Lipinski definition) is 5. The molecule has 0 aromatic heterocycles. The lowest BCUT2D eigenvalue weighted by Crippen LogP contribution is -2.52. The lowest BCUT2D eigenvalue weighted by Gasteiger charge is -2.39. The summed E-state index contributed by atoms with van der Waals surface area (Å²) < 4.78 is 6.29. The third-order valence-electron chi connectivity index (χ3n) is 9.07. The largest absolute Gasteiger partial charge is 0.393 e. The summed E-state index contributed by atoms with van der Waals surface area (Å²) in [4.78, 5) is 15.8. The number of fused-ring (bicyclic) bond motifs is 1. The summed E-state index contributed by atoms with van der Waals surface area (Å²) in [7, 11) is 0. The molecule has 8 nitrogen and oxygen atoms in total. The van der Waals surface area contributed by atoms with Crippen molar-refractivity contribution < 1.29 is 19.7 Å². The third-order valence-corrected chi connectivity index (χ3v) is 9.07. The Kier molecular flexibility index (Phi) is 7.89. The molecule has 7 unspecified atom stereocenters. The first-order valence-electron chi connectivity index (χ1n) is 13.6. The van der Waals surface area contributed by atoms with Crippen LogP contribution in [0.15, 0.2) is 0 Å². The highest BCUT2D eigenvalue weighted by Crippen LogP contribution is 2.39. The van der Waals surface area contributed by atoms with E-state index in [0.29, 0.717) is 42.9 Å². The summed E-state index contributed by atoms with van der Waals surface area (Å²) in [5.41, 5.74) is 6.40. The molecule has 3 saturated carbocycles. The maximum Gasteiger partial charge on any atom is 0.230 e.